The van der Waals surface area contributed by atoms with E-state index in [0.29, 0.717) is 25.5 Å². The largest absolute Gasteiger partial charge is 0.466 e. The van der Waals surface area contributed by atoms with Crippen molar-refractivity contribution in [3.63, 3.8) is 0 Å². The van der Waals surface area contributed by atoms with Gasteiger partial charge in [0.05, 0.1) is 23.0 Å². The number of hydrogen-bond donors (Lipinski definition) is 0. The van der Waals surface area contributed by atoms with Gasteiger partial charge in [0.25, 0.3) is 5.69 Å². The first kappa shape index (κ1) is 18.0. The smallest absolute Gasteiger partial charge is 0.418 e. The number of halogens is 3. The minimum absolute atomic E-state index is 0.0969. The molecule has 2 rings (SSSR count). The molecule has 24 heavy (non-hydrogen) atoms. The van der Waals surface area contributed by atoms with E-state index in [-0.39, 0.29) is 18.8 Å². The molecule has 0 aliphatic carbocycles. The molecule has 0 bridgehead atoms. The minimum Gasteiger partial charge on any atom is -0.466 e. The van der Waals surface area contributed by atoms with Crippen LogP contribution in [0.15, 0.2) is 18.2 Å². The third-order valence-corrected chi connectivity index (χ3v) is 3.88. The second-order valence-electron chi connectivity index (χ2n) is 5.49. The Morgan fingerprint density at radius 3 is 2.75 bits per heavy atom. The Bertz CT molecular complexity index is 634. The SMILES string of the molecule is CCOC(=O)[C@H]1CCCN(c2ccc([N+](=O)[O-])cc2C(F)(F)F)C1. The molecule has 6 nitrogen and oxygen atoms in total. The van der Waals surface area contributed by atoms with E-state index in [1.807, 2.05) is 0 Å². The van der Waals surface area contributed by atoms with Gasteiger partial charge in [0.15, 0.2) is 0 Å². The fraction of sp³-hybridized carbons (Fsp3) is 0.533. The van der Waals surface area contributed by atoms with Crippen LogP contribution in [-0.4, -0.2) is 30.6 Å². The van der Waals surface area contributed by atoms with Crippen LogP contribution in [0.4, 0.5) is 24.5 Å². The number of benzene rings is 1. The number of nitrogens with zero attached hydrogens (tertiary/aromatic N) is 2. The first-order valence-electron chi connectivity index (χ1n) is 7.51. The van der Waals surface area contributed by atoms with Crippen molar-refractivity contribution in [2.75, 3.05) is 24.6 Å². The van der Waals surface area contributed by atoms with E-state index in [1.54, 1.807) is 6.92 Å². The second kappa shape index (κ2) is 7.06. The number of carbonyl (C=O) groups excluding carboxylic acids is 1. The highest BCUT2D eigenvalue weighted by molar-refractivity contribution is 5.74. The summed E-state index contributed by atoms with van der Waals surface area (Å²) in [6.07, 6.45) is -3.64. The molecular weight excluding hydrogens is 329 g/mol. The van der Waals surface area contributed by atoms with Gasteiger partial charge in [-0.05, 0) is 25.8 Å². The molecule has 1 aromatic carbocycles. The van der Waals surface area contributed by atoms with Gasteiger partial charge in [-0.25, -0.2) is 0 Å². The number of anilines is 1. The van der Waals surface area contributed by atoms with Crippen molar-refractivity contribution in [1.29, 1.82) is 0 Å². The average Bonchev–Trinajstić information content (AvgIpc) is 2.53. The van der Waals surface area contributed by atoms with Crippen molar-refractivity contribution < 1.29 is 27.6 Å². The Morgan fingerprint density at radius 1 is 1.46 bits per heavy atom. The van der Waals surface area contributed by atoms with Crippen LogP contribution in [0.1, 0.15) is 25.3 Å². The molecule has 1 aliphatic rings. The predicted molar refractivity (Wildman–Crippen MR) is 79.7 cm³/mol. The van der Waals surface area contributed by atoms with Gasteiger partial charge in [0.2, 0.25) is 0 Å². The summed E-state index contributed by atoms with van der Waals surface area (Å²) in [6.45, 7) is 2.31. The lowest BCUT2D eigenvalue weighted by Gasteiger charge is -2.34. The van der Waals surface area contributed by atoms with Crippen molar-refractivity contribution in [2.45, 2.75) is 25.9 Å². The Balaban J connectivity index is 2.33. The monoisotopic (exact) mass is 346 g/mol. The van der Waals surface area contributed by atoms with Crippen LogP contribution >= 0.6 is 0 Å². The molecule has 1 aliphatic heterocycles. The summed E-state index contributed by atoms with van der Waals surface area (Å²) >= 11 is 0. The molecule has 0 N–H and O–H groups in total. The van der Waals surface area contributed by atoms with E-state index < -0.39 is 34.2 Å². The Hall–Kier alpha value is -2.32. The summed E-state index contributed by atoms with van der Waals surface area (Å²) in [5, 5.41) is 10.7. The van der Waals surface area contributed by atoms with Crippen molar-refractivity contribution in [3.8, 4) is 0 Å². The Kier molecular flexibility index (Phi) is 5.30. The lowest BCUT2D eigenvalue weighted by atomic mass is 9.96. The first-order valence-corrected chi connectivity index (χ1v) is 7.51. The van der Waals surface area contributed by atoms with Gasteiger partial charge in [-0.1, -0.05) is 0 Å². The van der Waals surface area contributed by atoms with E-state index in [9.17, 15) is 28.1 Å². The van der Waals surface area contributed by atoms with Gasteiger partial charge in [-0.3, -0.25) is 14.9 Å². The predicted octanol–water partition coefficient (Wildman–Crippen LogP) is 3.39. The molecule has 132 valence electrons. The van der Waals surface area contributed by atoms with E-state index in [1.165, 1.54) is 4.90 Å². The molecule has 0 spiro atoms. The highest BCUT2D eigenvalue weighted by Crippen LogP contribution is 2.40. The maximum absolute atomic E-state index is 13.3. The van der Waals surface area contributed by atoms with Gasteiger partial charge in [-0.2, -0.15) is 13.2 Å². The molecule has 0 saturated carbocycles. The molecule has 1 fully saturated rings. The van der Waals surface area contributed by atoms with Crippen LogP contribution in [0.5, 0.6) is 0 Å². The molecule has 1 aromatic rings. The Morgan fingerprint density at radius 2 is 2.17 bits per heavy atom. The van der Waals surface area contributed by atoms with E-state index in [0.717, 1.165) is 12.1 Å². The van der Waals surface area contributed by atoms with Gasteiger partial charge >= 0.3 is 12.1 Å². The summed E-state index contributed by atoms with van der Waals surface area (Å²) in [6, 6.07) is 2.66. The number of piperidine rings is 1. The highest BCUT2D eigenvalue weighted by atomic mass is 19.4. The topological polar surface area (TPSA) is 72.7 Å². The van der Waals surface area contributed by atoms with Crippen LogP contribution in [0.3, 0.4) is 0 Å². The molecule has 1 saturated heterocycles. The molecule has 9 heteroatoms. The number of nitro benzene ring substituents is 1. The quantitative estimate of drug-likeness (QED) is 0.475. The lowest BCUT2D eigenvalue weighted by Crippen LogP contribution is -2.40. The van der Waals surface area contributed by atoms with E-state index in [4.69, 9.17) is 4.74 Å². The summed E-state index contributed by atoms with van der Waals surface area (Å²) in [7, 11) is 0. The summed E-state index contributed by atoms with van der Waals surface area (Å²) < 4.78 is 44.8. The number of carbonyl (C=O) groups is 1. The lowest BCUT2D eigenvalue weighted by molar-refractivity contribution is -0.385. The number of nitro groups is 1. The molecule has 0 unspecified atom stereocenters. The van der Waals surface area contributed by atoms with Gasteiger partial charge in [0, 0.05) is 30.9 Å². The highest BCUT2D eigenvalue weighted by Gasteiger charge is 2.38. The average molecular weight is 346 g/mol. The fourth-order valence-corrected chi connectivity index (χ4v) is 2.79. The normalized spacial score (nSPS) is 18.3. The van der Waals surface area contributed by atoms with Crippen LogP contribution in [-0.2, 0) is 15.7 Å². The molecule has 0 radical (unpaired) electrons. The molecule has 1 atom stereocenters. The van der Waals surface area contributed by atoms with Gasteiger partial charge in [0.1, 0.15) is 0 Å². The third-order valence-electron chi connectivity index (χ3n) is 3.88. The third kappa shape index (κ3) is 3.95. The van der Waals surface area contributed by atoms with Gasteiger partial charge in [-0.15, -0.1) is 0 Å². The standard InChI is InChI=1S/C15H17F3N2O4/c1-2-24-14(21)10-4-3-7-19(9-10)13-6-5-11(20(22)23)8-12(13)15(16,17)18/h5-6,8,10H,2-4,7,9H2,1H3/t10-/m0/s1. The zero-order valence-corrected chi connectivity index (χ0v) is 13.0. The molecule has 0 amide bonds. The molecule has 1 heterocycles. The minimum atomic E-state index is -4.72. The number of esters is 1. The zero-order chi connectivity index (χ0) is 17.9. The van der Waals surface area contributed by atoms with Crippen LogP contribution < -0.4 is 4.90 Å². The van der Waals surface area contributed by atoms with Crippen LogP contribution in [0.2, 0.25) is 0 Å². The Labute approximate surface area is 136 Å². The summed E-state index contributed by atoms with van der Waals surface area (Å²) in [5.74, 6) is -0.937. The summed E-state index contributed by atoms with van der Waals surface area (Å²) in [4.78, 5) is 23.2. The van der Waals surface area contributed by atoms with Crippen molar-refractivity contribution in [2.24, 2.45) is 5.92 Å². The number of non-ortho nitro benzene ring substituents is 1. The van der Waals surface area contributed by atoms with Crippen LogP contribution in [0, 0.1) is 16.0 Å². The summed E-state index contributed by atoms with van der Waals surface area (Å²) in [5.41, 5.74) is -1.84. The number of rotatable bonds is 4. The molecule has 0 aromatic heterocycles. The second-order valence-corrected chi connectivity index (χ2v) is 5.49. The zero-order valence-electron chi connectivity index (χ0n) is 13.0. The maximum atomic E-state index is 13.3. The number of alkyl halides is 3. The number of hydrogen-bond acceptors (Lipinski definition) is 5. The van der Waals surface area contributed by atoms with E-state index >= 15 is 0 Å². The van der Waals surface area contributed by atoms with Crippen molar-refractivity contribution in [3.05, 3.63) is 33.9 Å². The first-order chi connectivity index (χ1) is 11.2. The fourth-order valence-electron chi connectivity index (χ4n) is 2.79. The molecular formula is C15H17F3N2O4. The van der Waals surface area contributed by atoms with E-state index in [2.05, 4.69) is 0 Å². The maximum Gasteiger partial charge on any atom is 0.418 e. The van der Waals surface area contributed by atoms with Crippen LogP contribution in [0.25, 0.3) is 0 Å². The van der Waals surface area contributed by atoms with Gasteiger partial charge < -0.3 is 9.64 Å². The van der Waals surface area contributed by atoms with Crippen molar-refractivity contribution in [1.82, 2.24) is 0 Å². The number of ether oxygens (including phenoxy) is 1. The van der Waals surface area contributed by atoms with Crippen molar-refractivity contribution >= 4 is 17.3 Å².